The topological polar surface area (TPSA) is 64.3 Å². The van der Waals surface area contributed by atoms with Gasteiger partial charge in [-0.25, -0.2) is 8.78 Å². The Balaban J connectivity index is 2.39. The predicted octanol–water partition coefficient (Wildman–Crippen LogP) is 3.46. The summed E-state index contributed by atoms with van der Waals surface area (Å²) in [4.78, 5) is 12.0. The van der Waals surface area contributed by atoms with Gasteiger partial charge in [-0.15, -0.1) is 0 Å². The monoisotopic (exact) mass is 312 g/mol. The number of halogens is 3. The molecule has 3 N–H and O–H groups in total. The average molecular weight is 313 g/mol. The van der Waals surface area contributed by atoms with Gasteiger partial charge >= 0.3 is 0 Å². The fourth-order valence-corrected chi connectivity index (χ4v) is 1.91. The normalized spacial score (nSPS) is 10.3. The van der Waals surface area contributed by atoms with Gasteiger partial charge in [0.05, 0.1) is 18.5 Å². The van der Waals surface area contributed by atoms with Gasteiger partial charge in [-0.05, 0) is 30.3 Å². The summed E-state index contributed by atoms with van der Waals surface area (Å²) in [6, 6.07) is 6.44. The van der Waals surface area contributed by atoms with Gasteiger partial charge in [0, 0.05) is 5.02 Å². The minimum absolute atomic E-state index is 0.191. The van der Waals surface area contributed by atoms with E-state index in [0.29, 0.717) is 10.8 Å². The Morgan fingerprint density at radius 2 is 2.00 bits per heavy atom. The van der Waals surface area contributed by atoms with Crippen LogP contribution in [0, 0.1) is 11.6 Å². The zero-order chi connectivity index (χ0) is 15.6. The Bertz CT molecular complexity index is 708. The van der Waals surface area contributed by atoms with E-state index in [9.17, 15) is 13.6 Å². The third-order valence-electron chi connectivity index (χ3n) is 2.76. The zero-order valence-electron chi connectivity index (χ0n) is 10.9. The first kappa shape index (κ1) is 15.1. The number of hydrogen-bond acceptors (Lipinski definition) is 3. The second-order valence-corrected chi connectivity index (χ2v) is 4.56. The summed E-state index contributed by atoms with van der Waals surface area (Å²) in [6.45, 7) is 0. The Morgan fingerprint density at radius 3 is 2.67 bits per heavy atom. The number of carbonyl (C=O) groups excluding carboxylic acids is 1. The number of nitrogens with two attached hydrogens (primary N) is 1. The molecule has 7 heteroatoms. The van der Waals surface area contributed by atoms with Crippen molar-refractivity contribution < 1.29 is 18.3 Å². The summed E-state index contributed by atoms with van der Waals surface area (Å²) in [5.74, 6) is -2.82. The lowest BCUT2D eigenvalue weighted by Crippen LogP contribution is -2.17. The van der Waals surface area contributed by atoms with Gasteiger partial charge in [-0.1, -0.05) is 11.6 Å². The van der Waals surface area contributed by atoms with Crippen LogP contribution in [0.4, 0.5) is 20.2 Å². The molecule has 2 aromatic carbocycles. The van der Waals surface area contributed by atoms with Crippen molar-refractivity contribution in [1.29, 1.82) is 0 Å². The van der Waals surface area contributed by atoms with Gasteiger partial charge in [-0.3, -0.25) is 4.79 Å². The van der Waals surface area contributed by atoms with Crippen LogP contribution >= 0.6 is 11.6 Å². The van der Waals surface area contributed by atoms with Crippen LogP contribution in [0.2, 0.25) is 5.02 Å². The third kappa shape index (κ3) is 3.05. The summed E-state index contributed by atoms with van der Waals surface area (Å²) >= 11 is 5.82. The minimum atomic E-state index is -1.12. The summed E-state index contributed by atoms with van der Waals surface area (Å²) in [7, 11) is 1.39. The number of carbonyl (C=O) groups is 1. The molecular formula is C14H11ClF2N2O2. The Morgan fingerprint density at radius 1 is 1.29 bits per heavy atom. The van der Waals surface area contributed by atoms with Gasteiger partial charge in [0.1, 0.15) is 17.1 Å². The van der Waals surface area contributed by atoms with Crippen molar-refractivity contribution in [3.8, 4) is 5.75 Å². The van der Waals surface area contributed by atoms with Crippen LogP contribution in [-0.2, 0) is 0 Å². The van der Waals surface area contributed by atoms with Crippen molar-refractivity contribution in [3.05, 3.63) is 52.6 Å². The fourth-order valence-electron chi connectivity index (χ4n) is 1.74. The molecule has 0 saturated carbocycles. The molecule has 0 bridgehead atoms. The number of nitrogen functional groups attached to an aromatic ring is 1. The smallest absolute Gasteiger partial charge is 0.261 e. The standard InChI is InChI=1S/C14H11ClF2N2O2/c1-21-11-5-2-7(15)6-10(11)19-14(20)12-8(16)3-4-9(18)13(12)17/h2-6H,18H2,1H3,(H,19,20). The van der Waals surface area contributed by atoms with Crippen LogP contribution < -0.4 is 15.8 Å². The van der Waals surface area contributed by atoms with Gasteiger partial charge in [0.25, 0.3) is 5.91 Å². The first-order valence-corrected chi connectivity index (χ1v) is 6.20. The van der Waals surface area contributed by atoms with Crippen molar-refractivity contribution >= 4 is 28.9 Å². The van der Waals surface area contributed by atoms with E-state index in [4.69, 9.17) is 22.1 Å². The minimum Gasteiger partial charge on any atom is -0.495 e. The molecule has 0 aliphatic rings. The summed E-state index contributed by atoms with van der Waals surface area (Å²) in [5, 5.41) is 2.68. The van der Waals surface area contributed by atoms with Crippen LogP contribution in [0.25, 0.3) is 0 Å². The molecule has 1 amide bonds. The number of nitrogens with one attached hydrogen (secondary N) is 1. The average Bonchev–Trinajstić information content (AvgIpc) is 2.43. The highest BCUT2D eigenvalue weighted by atomic mass is 35.5. The molecule has 4 nitrogen and oxygen atoms in total. The molecule has 110 valence electrons. The maximum absolute atomic E-state index is 13.8. The Hall–Kier alpha value is -2.34. The number of benzene rings is 2. The van der Waals surface area contributed by atoms with E-state index in [0.717, 1.165) is 12.1 Å². The first-order chi connectivity index (χ1) is 9.93. The van der Waals surface area contributed by atoms with Crippen molar-refractivity contribution in [2.24, 2.45) is 0 Å². The molecule has 0 aromatic heterocycles. The first-order valence-electron chi connectivity index (χ1n) is 5.82. The second kappa shape index (κ2) is 5.97. The van der Waals surface area contributed by atoms with E-state index in [1.165, 1.54) is 19.2 Å². The largest absolute Gasteiger partial charge is 0.495 e. The van der Waals surface area contributed by atoms with E-state index in [1.807, 2.05) is 0 Å². The van der Waals surface area contributed by atoms with E-state index in [-0.39, 0.29) is 11.4 Å². The lowest BCUT2D eigenvalue weighted by molar-refractivity contribution is 0.101. The molecular weight excluding hydrogens is 302 g/mol. The number of hydrogen-bond donors (Lipinski definition) is 2. The number of ether oxygens (including phenoxy) is 1. The predicted molar refractivity (Wildman–Crippen MR) is 76.7 cm³/mol. The number of methoxy groups -OCH3 is 1. The molecule has 0 atom stereocenters. The Kier molecular flexibility index (Phi) is 4.28. The SMILES string of the molecule is COc1ccc(Cl)cc1NC(=O)c1c(F)ccc(N)c1F. The highest BCUT2D eigenvalue weighted by Gasteiger charge is 2.20. The molecule has 0 spiro atoms. The second-order valence-electron chi connectivity index (χ2n) is 4.12. The van der Waals surface area contributed by atoms with Crippen molar-refractivity contribution in [3.63, 3.8) is 0 Å². The summed E-state index contributed by atoms with van der Waals surface area (Å²) in [6.07, 6.45) is 0. The number of rotatable bonds is 3. The van der Waals surface area contributed by atoms with E-state index in [2.05, 4.69) is 5.32 Å². The highest BCUT2D eigenvalue weighted by molar-refractivity contribution is 6.31. The van der Waals surface area contributed by atoms with Crippen LogP contribution in [-0.4, -0.2) is 13.0 Å². The Labute approximate surface area is 124 Å². The maximum Gasteiger partial charge on any atom is 0.261 e. The van der Waals surface area contributed by atoms with Gasteiger partial charge in [-0.2, -0.15) is 0 Å². The van der Waals surface area contributed by atoms with E-state index in [1.54, 1.807) is 6.07 Å². The molecule has 0 heterocycles. The molecule has 0 unspecified atom stereocenters. The van der Waals surface area contributed by atoms with Crippen molar-refractivity contribution in [1.82, 2.24) is 0 Å². The zero-order valence-corrected chi connectivity index (χ0v) is 11.7. The molecule has 0 saturated heterocycles. The van der Waals surface area contributed by atoms with Crippen molar-refractivity contribution in [2.45, 2.75) is 0 Å². The van der Waals surface area contributed by atoms with Crippen molar-refractivity contribution in [2.75, 3.05) is 18.2 Å². The molecule has 0 aliphatic carbocycles. The fraction of sp³-hybridized carbons (Fsp3) is 0.0714. The molecule has 0 radical (unpaired) electrons. The van der Waals surface area contributed by atoms with Crippen LogP contribution in [0.15, 0.2) is 30.3 Å². The number of amides is 1. The van der Waals surface area contributed by atoms with Crippen LogP contribution in [0.1, 0.15) is 10.4 Å². The van der Waals surface area contributed by atoms with Gasteiger partial charge in [0.15, 0.2) is 5.82 Å². The molecule has 0 aliphatic heterocycles. The maximum atomic E-state index is 13.8. The van der Waals surface area contributed by atoms with E-state index < -0.39 is 23.1 Å². The highest BCUT2D eigenvalue weighted by Crippen LogP contribution is 2.29. The van der Waals surface area contributed by atoms with Crippen LogP contribution in [0.5, 0.6) is 5.75 Å². The molecule has 0 fully saturated rings. The lowest BCUT2D eigenvalue weighted by atomic mass is 10.1. The van der Waals surface area contributed by atoms with Crippen LogP contribution in [0.3, 0.4) is 0 Å². The third-order valence-corrected chi connectivity index (χ3v) is 2.99. The van der Waals surface area contributed by atoms with E-state index >= 15 is 0 Å². The molecule has 2 aromatic rings. The lowest BCUT2D eigenvalue weighted by Gasteiger charge is -2.12. The summed E-state index contributed by atoms with van der Waals surface area (Å²) < 4.78 is 32.5. The molecule has 21 heavy (non-hydrogen) atoms. The van der Waals surface area contributed by atoms with Gasteiger partial charge < -0.3 is 15.8 Å². The quantitative estimate of drug-likeness (QED) is 0.853. The number of anilines is 2. The molecule has 2 rings (SSSR count). The van der Waals surface area contributed by atoms with Gasteiger partial charge in [0.2, 0.25) is 0 Å². The summed E-state index contributed by atoms with van der Waals surface area (Å²) in [5.41, 5.74) is 4.44.